The summed E-state index contributed by atoms with van der Waals surface area (Å²) < 4.78 is 20.0. The number of amides is 1. The average molecular weight is 417 g/mol. The first-order valence-electron chi connectivity index (χ1n) is 8.28. The molecule has 1 aliphatic rings. The number of carbonyl (C=O) groups is 1. The van der Waals surface area contributed by atoms with E-state index in [2.05, 4.69) is 15.2 Å². The van der Waals surface area contributed by atoms with Crippen molar-refractivity contribution in [1.82, 2.24) is 15.2 Å². The van der Waals surface area contributed by atoms with Crippen LogP contribution in [-0.2, 0) is 4.79 Å². The number of hydrogen-bond donors (Lipinski definition) is 0. The summed E-state index contributed by atoms with van der Waals surface area (Å²) in [6, 6.07) is 11.0. The number of halogens is 2. The first-order chi connectivity index (χ1) is 13.5. The lowest BCUT2D eigenvalue weighted by Crippen LogP contribution is -2.36. The first-order valence-corrected chi connectivity index (χ1v) is 9.88. The van der Waals surface area contributed by atoms with Crippen molar-refractivity contribution in [3.8, 4) is 17.1 Å². The molecular formula is C19H14ClFN4O2S. The highest BCUT2D eigenvalue weighted by Crippen LogP contribution is 2.44. The molecule has 0 saturated heterocycles. The lowest BCUT2D eigenvalue weighted by molar-refractivity contribution is -0.118. The van der Waals surface area contributed by atoms with Crippen LogP contribution in [0.15, 0.2) is 47.6 Å². The van der Waals surface area contributed by atoms with Crippen molar-refractivity contribution in [3.63, 3.8) is 0 Å². The minimum atomic E-state index is -0.930. The zero-order chi connectivity index (χ0) is 19.8. The van der Waals surface area contributed by atoms with Gasteiger partial charge in [0.15, 0.2) is 5.69 Å². The third kappa shape index (κ3) is 3.29. The van der Waals surface area contributed by atoms with Gasteiger partial charge in [-0.15, -0.1) is 10.2 Å². The number of rotatable bonds is 2. The second-order valence-corrected chi connectivity index (χ2v) is 7.24. The molecule has 0 radical (unpaired) electrons. The van der Waals surface area contributed by atoms with Crippen molar-refractivity contribution in [2.45, 2.75) is 18.3 Å². The van der Waals surface area contributed by atoms with Crippen LogP contribution in [0.3, 0.4) is 0 Å². The number of fused-ring (bicyclic) bond motifs is 3. The van der Waals surface area contributed by atoms with Crippen molar-refractivity contribution in [2.24, 2.45) is 0 Å². The van der Waals surface area contributed by atoms with E-state index in [1.165, 1.54) is 35.7 Å². The second-order valence-electron chi connectivity index (χ2n) is 6.03. The predicted molar refractivity (Wildman–Crippen MR) is 105 cm³/mol. The van der Waals surface area contributed by atoms with E-state index in [0.29, 0.717) is 32.7 Å². The van der Waals surface area contributed by atoms with Crippen LogP contribution in [0.2, 0.25) is 5.02 Å². The SMILES string of the molecule is CSc1nnc2c(n1)O[C@H](c1cccc(F)c1)N(C(C)=O)c1ccc(Cl)cc1-2. The van der Waals surface area contributed by atoms with Gasteiger partial charge in [-0.2, -0.15) is 4.98 Å². The molecule has 1 aliphatic heterocycles. The minimum Gasteiger partial charge on any atom is -0.447 e. The molecule has 9 heteroatoms. The highest BCUT2D eigenvalue weighted by atomic mass is 35.5. The number of ether oxygens (including phenoxy) is 1. The van der Waals surface area contributed by atoms with Gasteiger partial charge in [-0.25, -0.2) is 4.39 Å². The monoisotopic (exact) mass is 416 g/mol. The van der Waals surface area contributed by atoms with Crippen molar-refractivity contribution >= 4 is 35.0 Å². The fraction of sp³-hybridized carbons (Fsp3) is 0.158. The van der Waals surface area contributed by atoms with Gasteiger partial charge >= 0.3 is 0 Å². The van der Waals surface area contributed by atoms with Gasteiger partial charge in [-0.3, -0.25) is 9.69 Å². The van der Waals surface area contributed by atoms with Crippen LogP contribution in [-0.4, -0.2) is 27.3 Å². The summed E-state index contributed by atoms with van der Waals surface area (Å²) in [5, 5.41) is 9.20. The highest BCUT2D eigenvalue weighted by molar-refractivity contribution is 7.98. The summed E-state index contributed by atoms with van der Waals surface area (Å²) >= 11 is 7.50. The van der Waals surface area contributed by atoms with Crippen LogP contribution in [0.1, 0.15) is 18.7 Å². The van der Waals surface area contributed by atoms with Gasteiger partial charge in [-0.05, 0) is 36.6 Å². The van der Waals surface area contributed by atoms with E-state index in [4.69, 9.17) is 16.3 Å². The van der Waals surface area contributed by atoms with Gasteiger partial charge in [0.2, 0.25) is 23.2 Å². The summed E-state index contributed by atoms with van der Waals surface area (Å²) in [6.07, 6.45) is 0.886. The molecule has 28 heavy (non-hydrogen) atoms. The zero-order valence-electron chi connectivity index (χ0n) is 14.9. The van der Waals surface area contributed by atoms with E-state index in [1.54, 1.807) is 30.3 Å². The molecule has 2 aromatic carbocycles. The van der Waals surface area contributed by atoms with E-state index in [-0.39, 0.29) is 11.8 Å². The topological polar surface area (TPSA) is 68.2 Å². The molecule has 0 bridgehead atoms. The van der Waals surface area contributed by atoms with E-state index < -0.39 is 12.0 Å². The molecule has 0 saturated carbocycles. The molecule has 2 heterocycles. The summed E-state index contributed by atoms with van der Waals surface area (Å²) in [4.78, 5) is 18.4. The molecule has 142 valence electrons. The summed E-state index contributed by atoms with van der Waals surface area (Å²) in [5.74, 6) is -0.527. The largest absolute Gasteiger partial charge is 0.447 e. The second kappa shape index (κ2) is 7.37. The number of anilines is 1. The molecule has 6 nitrogen and oxygen atoms in total. The van der Waals surface area contributed by atoms with Gasteiger partial charge in [0.1, 0.15) is 5.82 Å². The molecule has 0 aliphatic carbocycles. The number of hydrogen-bond acceptors (Lipinski definition) is 6. The standard InChI is InChI=1S/C19H14ClFN4O2S/c1-10(26)25-15-7-6-12(20)9-14(15)16-17(22-19(28-2)24-23-16)27-18(25)11-4-3-5-13(21)8-11/h3-9,18H,1-2H3/t18-/m1/s1. The molecule has 3 aromatic rings. The van der Waals surface area contributed by atoms with Crippen LogP contribution in [0.4, 0.5) is 10.1 Å². The van der Waals surface area contributed by atoms with E-state index >= 15 is 0 Å². The van der Waals surface area contributed by atoms with Crippen molar-refractivity contribution < 1.29 is 13.9 Å². The van der Waals surface area contributed by atoms with Crippen LogP contribution in [0.5, 0.6) is 5.88 Å². The van der Waals surface area contributed by atoms with Crippen LogP contribution in [0.25, 0.3) is 11.3 Å². The maximum atomic E-state index is 13.9. The quantitative estimate of drug-likeness (QED) is 0.573. The third-order valence-corrected chi connectivity index (χ3v) is 5.00. The number of aromatic nitrogens is 3. The maximum Gasteiger partial charge on any atom is 0.247 e. The van der Waals surface area contributed by atoms with E-state index in [9.17, 15) is 9.18 Å². The Morgan fingerprint density at radius 2 is 2.07 bits per heavy atom. The Hall–Kier alpha value is -2.71. The highest BCUT2D eigenvalue weighted by Gasteiger charge is 2.34. The lowest BCUT2D eigenvalue weighted by Gasteiger charge is -2.29. The van der Waals surface area contributed by atoms with Crippen molar-refractivity contribution in [1.29, 1.82) is 0 Å². The summed E-state index contributed by atoms with van der Waals surface area (Å²) in [5.41, 5.74) is 1.91. The fourth-order valence-electron chi connectivity index (χ4n) is 3.04. The Morgan fingerprint density at radius 1 is 1.25 bits per heavy atom. The Bertz CT molecular complexity index is 1080. The number of benzene rings is 2. The van der Waals surface area contributed by atoms with Crippen LogP contribution < -0.4 is 9.64 Å². The maximum absolute atomic E-state index is 13.9. The Kier molecular flexibility index (Phi) is 4.91. The minimum absolute atomic E-state index is 0.195. The number of thioether (sulfide) groups is 1. The first kappa shape index (κ1) is 18.6. The summed E-state index contributed by atoms with van der Waals surface area (Å²) in [6.45, 7) is 1.41. The van der Waals surface area contributed by atoms with Gasteiger partial charge in [0.05, 0.1) is 5.69 Å². The van der Waals surface area contributed by atoms with Gasteiger partial charge in [0, 0.05) is 23.1 Å². The molecule has 0 N–H and O–H groups in total. The predicted octanol–water partition coefficient (Wildman–Crippen LogP) is 4.50. The molecule has 4 rings (SSSR count). The molecule has 1 atom stereocenters. The number of nitrogens with zero attached hydrogens (tertiary/aromatic N) is 4. The zero-order valence-corrected chi connectivity index (χ0v) is 16.5. The van der Waals surface area contributed by atoms with Gasteiger partial charge < -0.3 is 4.74 Å². The Labute approximate surface area is 169 Å². The van der Waals surface area contributed by atoms with Crippen LogP contribution >= 0.6 is 23.4 Å². The van der Waals surface area contributed by atoms with Crippen molar-refractivity contribution in [2.75, 3.05) is 11.2 Å². The molecule has 1 aromatic heterocycles. The fourth-order valence-corrected chi connectivity index (χ4v) is 3.51. The Balaban J connectivity index is 2.00. The summed E-state index contributed by atoms with van der Waals surface area (Å²) in [7, 11) is 0. The van der Waals surface area contributed by atoms with Gasteiger partial charge in [0.25, 0.3) is 0 Å². The normalized spacial score (nSPS) is 15.3. The van der Waals surface area contributed by atoms with Crippen LogP contribution in [0, 0.1) is 5.82 Å². The molecule has 1 amide bonds. The lowest BCUT2D eigenvalue weighted by atomic mass is 10.1. The Morgan fingerprint density at radius 3 is 2.79 bits per heavy atom. The average Bonchev–Trinajstić information content (AvgIpc) is 2.81. The molecule has 0 fully saturated rings. The molecule has 0 unspecified atom stereocenters. The van der Waals surface area contributed by atoms with Crippen molar-refractivity contribution in [3.05, 3.63) is 58.9 Å². The van der Waals surface area contributed by atoms with Gasteiger partial charge in [-0.1, -0.05) is 35.5 Å². The van der Waals surface area contributed by atoms with E-state index in [0.717, 1.165) is 0 Å². The number of carbonyl (C=O) groups excluding carboxylic acids is 1. The smallest absolute Gasteiger partial charge is 0.247 e. The molecule has 0 spiro atoms. The van der Waals surface area contributed by atoms with E-state index in [1.807, 2.05) is 6.26 Å². The molecular weight excluding hydrogens is 403 g/mol. The third-order valence-electron chi connectivity index (χ3n) is 4.22.